The van der Waals surface area contributed by atoms with Crippen molar-refractivity contribution in [2.45, 2.75) is 6.92 Å². The molecule has 0 N–H and O–H groups in total. The highest BCUT2D eigenvalue weighted by Crippen LogP contribution is 2.34. The summed E-state index contributed by atoms with van der Waals surface area (Å²) >= 11 is 12.0. The fourth-order valence-electron chi connectivity index (χ4n) is 1.60. The topological polar surface area (TPSA) is 33.2 Å². The lowest BCUT2D eigenvalue weighted by atomic mass is 10.2. The number of pyridine rings is 1. The fourth-order valence-corrected chi connectivity index (χ4v) is 1.93. The lowest BCUT2D eigenvalue weighted by Crippen LogP contribution is -2.24. The molecular weight excluding hydrogens is 271 g/mol. The summed E-state index contributed by atoms with van der Waals surface area (Å²) < 4.78 is 0. The lowest BCUT2D eigenvalue weighted by molar-refractivity contribution is -0.115. The minimum atomic E-state index is -0.183. The quantitative estimate of drug-likeness (QED) is 0.831. The Morgan fingerprint density at radius 3 is 2.44 bits per heavy atom. The van der Waals surface area contributed by atoms with E-state index in [2.05, 4.69) is 4.98 Å². The molecule has 0 atom stereocenters. The number of hydrogen-bond acceptors (Lipinski definition) is 2. The number of para-hydroxylation sites is 1. The normalized spacial score (nSPS) is 10.2. The molecular formula is C13H10Cl2N2O. The van der Waals surface area contributed by atoms with Gasteiger partial charge in [-0.25, -0.2) is 4.98 Å². The van der Waals surface area contributed by atoms with Crippen molar-refractivity contribution in [2.24, 2.45) is 0 Å². The van der Waals surface area contributed by atoms with E-state index in [4.69, 9.17) is 23.2 Å². The number of carbonyl (C=O) groups is 1. The van der Waals surface area contributed by atoms with Gasteiger partial charge in [0.1, 0.15) is 5.02 Å². The van der Waals surface area contributed by atoms with Gasteiger partial charge in [0.25, 0.3) is 0 Å². The molecule has 18 heavy (non-hydrogen) atoms. The average molecular weight is 281 g/mol. The Morgan fingerprint density at radius 2 is 1.83 bits per heavy atom. The molecule has 0 aliphatic heterocycles. The van der Waals surface area contributed by atoms with E-state index in [1.165, 1.54) is 18.0 Å². The summed E-state index contributed by atoms with van der Waals surface area (Å²) in [5, 5.41) is 0.627. The zero-order valence-corrected chi connectivity index (χ0v) is 11.1. The predicted molar refractivity (Wildman–Crippen MR) is 73.5 cm³/mol. The van der Waals surface area contributed by atoms with Crippen molar-refractivity contribution in [3.8, 4) is 0 Å². The molecule has 1 heterocycles. The van der Waals surface area contributed by atoms with Gasteiger partial charge in [0, 0.05) is 13.1 Å². The first-order valence-electron chi connectivity index (χ1n) is 5.27. The maximum absolute atomic E-state index is 11.8. The predicted octanol–water partition coefficient (Wildman–Crippen LogP) is 4.07. The maximum Gasteiger partial charge on any atom is 0.229 e. The highest BCUT2D eigenvalue weighted by Gasteiger charge is 2.19. The minimum Gasteiger partial charge on any atom is -0.274 e. The number of benzene rings is 1. The highest BCUT2D eigenvalue weighted by molar-refractivity contribution is 6.43. The molecule has 1 amide bonds. The summed E-state index contributed by atoms with van der Waals surface area (Å²) in [5.74, 6) is 0.153. The number of aromatic nitrogens is 1. The van der Waals surface area contributed by atoms with E-state index in [-0.39, 0.29) is 10.9 Å². The molecule has 2 aromatic rings. The van der Waals surface area contributed by atoms with E-state index < -0.39 is 0 Å². The molecule has 0 aliphatic rings. The molecule has 1 aromatic heterocycles. The first-order chi connectivity index (χ1) is 8.61. The second kappa shape index (κ2) is 5.38. The molecule has 3 nitrogen and oxygen atoms in total. The third-order valence-corrected chi connectivity index (χ3v) is 3.15. The average Bonchev–Trinajstić information content (AvgIpc) is 2.36. The largest absolute Gasteiger partial charge is 0.274 e. The van der Waals surface area contributed by atoms with Crippen molar-refractivity contribution < 1.29 is 4.79 Å². The number of rotatable bonds is 2. The van der Waals surface area contributed by atoms with Crippen LogP contribution in [0.2, 0.25) is 10.0 Å². The zero-order chi connectivity index (χ0) is 13.1. The van der Waals surface area contributed by atoms with Gasteiger partial charge in [0.15, 0.2) is 5.82 Å². The van der Waals surface area contributed by atoms with Gasteiger partial charge in [0.05, 0.1) is 10.7 Å². The SMILES string of the molecule is CC(=O)N(c1ccccc1)c1nccc(Cl)c1Cl. The first-order valence-corrected chi connectivity index (χ1v) is 6.02. The maximum atomic E-state index is 11.8. The Balaban J connectivity index is 2.56. The molecule has 0 spiro atoms. The molecule has 0 saturated heterocycles. The van der Waals surface area contributed by atoms with Gasteiger partial charge < -0.3 is 0 Å². The standard InChI is InChI=1S/C13H10Cl2N2O/c1-9(18)17(10-5-3-2-4-6-10)13-12(15)11(14)7-8-16-13/h2-8H,1H3. The van der Waals surface area contributed by atoms with Crippen molar-refractivity contribution >= 4 is 40.6 Å². The summed E-state index contributed by atoms with van der Waals surface area (Å²) in [6.07, 6.45) is 1.52. The third kappa shape index (κ3) is 2.47. The zero-order valence-electron chi connectivity index (χ0n) is 9.60. The number of halogens is 2. The first kappa shape index (κ1) is 12.9. The van der Waals surface area contributed by atoms with Gasteiger partial charge in [-0.3, -0.25) is 9.69 Å². The Kier molecular flexibility index (Phi) is 3.84. The van der Waals surface area contributed by atoms with E-state index in [0.29, 0.717) is 16.5 Å². The molecule has 0 radical (unpaired) electrons. The highest BCUT2D eigenvalue weighted by atomic mass is 35.5. The Labute approximate surface area is 115 Å². The summed E-state index contributed by atoms with van der Waals surface area (Å²) in [4.78, 5) is 17.3. The van der Waals surface area contributed by atoms with Gasteiger partial charge in [-0.1, -0.05) is 41.4 Å². The minimum absolute atomic E-state index is 0.183. The van der Waals surface area contributed by atoms with Crippen LogP contribution in [-0.2, 0) is 4.79 Å². The Hall–Kier alpha value is -1.58. The van der Waals surface area contributed by atoms with E-state index in [9.17, 15) is 4.79 Å². The van der Waals surface area contributed by atoms with Gasteiger partial charge in [-0.15, -0.1) is 0 Å². The van der Waals surface area contributed by atoms with Crippen LogP contribution in [0.25, 0.3) is 0 Å². The van der Waals surface area contributed by atoms with E-state index in [0.717, 1.165) is 0 Å². The van der Waals surface area contributed by atoms with Crippen molar-refractivity contribution in [2.75, 3.05) is 4.90 Å². The Morgan fingerprint density at radius 1 is 1.17 bits per heavy atom. The van der Waals surface area contributed by atoms with Crippen molar-refractivity contribution in [1.82, 2.24) is 4.98 Å². The van der Waals surface area contributed by atoms with Crippen LogP contribution in [0.1, 0.15) is 6.92 Å². The van der Waals surface area contributed by atoms with E-state index in [1.807, 2.05) is 18.2 Å². The van der Waals surface area contributed by atoms with Crippen LogP contribution in [0.4, 0.5) is 11.5 Å². The van der Waals surface area contributed by atoms with Crippen LogP contribution in [0.15, 0.2) is 42.6 Å². The molecule has 5 heteroatoms. The van der Waals surface area contributed by atoms with Crippen LogP contribution in [0, 0.1) is 0 Å². The number of nitrogens with zero attached hydrogens (tertiary/aromatic N) is 2. The lowest BCUT2D eigenvalue weighted by Gasteiger charge is -2.21. The van der Waals surface area contributed by atoms with Crippen LogP contribution in [-0.4, -0.2) is 10.9 Å². The summed E-state index contributed by atoms with van der Waals surface area (Å²) in [6.45, 7) is 1.45. The molecule has 2 rings (SSSR count). The molecule has 92 valence electrons. The van der Waals surface area contributed by atoms with Gasteiger partial charge in [-0.2, -0.15) is 0 Å². The van der Waals surface area contributed by atoms with Crippen LogP contribution < -0.4 is 4.90 Å². The van der Waals surface area contributed by atoms with Crippen molar-refractivity contribution in [3.63, 3.8) is 0 Å². The molecule has 0 aliphatic carbocycles. The number of amides is 1. The monoisotopic (exact) mass is 280 g/mol. The number of anilines is 2. The van der Waals surface area contributed by atoms with Crippen molar-refractivity contribution in [1.29, 1.82) is 0 Å². The van der Waals surface area contributed by atoms with Gasteiger partial charge in [0.2, 0.25) is 5.91 Å². The van der Waals surface area contributed by atoms with Crippen molar-refractivity contribution in [3.05, 3.63) is 52.6 Å². The molecule has 1 aromatic carbocycles. The van der Waals surface area contributed by atoms with E-state index >= 15 is 0 Å². The number of carbonyl (C=O) groups excluding carboxylic acids is 1. The molecule has 0 unspecified atom stereocenters. The number of hydrogen-bond donors (Lipinski definition) is 0. The fraction of sp³-hybridized carbons (Fsp3) is 0.0769. The summed E-state index contributed by atoms with van der Waals surface area (Å²) in [6, 6.07) is 10.7. The smallest absolute Gasteiger partial charge is 0.229 e. The van der Waals surface area contributed by atoms with Crippen LogP contribution in [0.3, 0.4) is 0 Å². The van der Waals surface area contributed by atoms with Crippen LogP contribution >= 0.6 is 23.2 Å². The van der Waals surface area contributed by atoms with Gasteiger partial charge >= 0.3 is 0 Å². The summed E-state index contributed by atoms with van der Waals surface area (Å²) in [7, 11) is 0. The Bertz CT molecular complexity index is 572. The van der Waals surface area contributed by atoms with E-state index in [1.54, 1.807) is 18.2 Å². The molecule has 0 fully saturated rings. The summed E-state index contributed by atoms with van der Waals surface area (Å²) in [5.41, 5.74) is 0.696. The molecule has 0 saturated carbocycles. The molecule has 0 bridgehead atoms. The third-order valence-electron chi connectivity index (χ3n) is 2.36. The second-order valence-corrected chi connectivity index (χ2v) is 4.41. The second-order valence-electron chi connectivity index (χ2n) is 3.62. The van der Waals surface area contributed by atoms with Gasteiger partial charge in [-0.05, 0) is 18.2 Å². The van der Waals surface area contributed by atoms with Crippen LogP contribution in [0.5, 0.6) is 0 Å².